The molecule has 0 bridgehead atoms. The summed E-state index contributed by atoms with van der Waals surface area (Å²) in [6, 6.07) is 19.7. The van der Waals surface area contributed by atoms with Crippen molar-refractivity contribution >= 4 is 35.2 Å². The Morgan fingerprint density at radius 1 is 0.882 bits per heavy atom. The minimum absolute atomic E-state index is 0.00832. The monoisotopic (exact) mass is 702 g/mol. The van der Waals surface area contributed by atoms with Gasteiger partial charge in [0, 0.05) is 54.1 Å². The van der Waals surface area contributed by atoms with Crippen molar-refractivity contribution in [2.75, 3.05) is 19.6 Å². The van der Waals surface area contributed by atoms with Crippen LogP contribution < -0.4 is 5.32 Å². The molecule has 8 rings (SSSR count). The number of hydrogen-bond donors (Lipinski definition) is 1. The van der Waals surface area contributed by atoms with E-state index in [9.17, 15) is 19.2 Å². The maximum absolute atomic E-state index is 14.0. The molecule has 3 aliphatic rings. The molecule has 0 atom stereocenters. The number of likely N-dealkylation sites (tertiary alicyclic amines) is 1. The molecule has 0 spiro atoms. The number of nitrogens with one attached hydrogen (secondary N) is 1. The molecule has 0 aliphatic carbocycles. The van der Waals surface area contributed by atoms with Crippen LogP contribution in [0.3, 0.4) is 0 Å². The van der Waals surface area contributed by atoms with Crippen molar-refractivity contribution in [2.45, 2.75) is 45.7 Å². The zero-order valence-corrected chi connectivity index (χ0v) is 28.9. The van der Waals surface area contributed by atoms with E-state index in [0.717, 1.165) is 16.9 Å². The minimum Gasteiger partial charge on any atom is -0.338 e. The average Bonchev–Trinajstić information content (AvgIpc) is 3.83. The molecule has 3 aromatic carbocycles. The van der Waals surface area contributed by atoms with E-state index in [-0.39, 0.29) is 23.3 Å². The number of piperidine rings is 1. The molecule has 0 unspecified atom stereocenters. The van der Waals surface area contributed by atoms with Gasteiger partial charge in [-0.25, -0.2) is 9.36 Å². The molecule has 3 aliphatic heterocycles. The Morgan fingerprint density at radius 2 is 1.59 bits per heavy atom. The highest BCUT2D eigenvalue weighted by molar-refractivity contribution is 6.32. The largest absolute Gasteiger partial charge is 0.338 e. The van der Waals surface area contributed by atoms with Gasteiger partial charge in [-0.2, -0.15) is 5.10 Å². The Kier molecular flexibility index (Phi) is 8.06. The Hall–Kier alpha value is -5.62. The fourth-order valence-electron chi connectivity index (χ4n) is 7.49. The summed E-state index contributed by atoms with van der Waals surface area (Å²) >= 11 is 6.52. The molecule has 13 heteroatoms. The van der Waals surface area contributed by atoms with Gasteiger partial charge in [0.25, 0.3) is 23.6 Å². The molecule has 258 valence electrons. The van der Waals surface area contributed by atoms with Gasteiger partial charge in [0.2, 0.25) is 0 Å². The zero-order valence-electron chi connectivity index (χ0n) is 28.2. The van der Waals surface area contributed by atoms with Crippen LogP contribution in [0.2, 0.25) is 5.02 Å². The zero-order chi connectivity index (χ0) is 35.4. The SMILES string of the molecule is CC1(C)Cc2c(cnn2-c2ccccc2Cl)CN(C(=O)c2cccc(C(=O)N3CCC(n4cc(-c5cccc6c5C(=O)NC6=O)nn4)CC3)c2)C1. The number of para-hydroxylation sites is 1. The molecule has 0 saturated carbocycles. The van der Waals surface area contributed by atoms with Gasteiger partial charge in [0.1, 0.15) is 5.69 Å². The number of benzene rings is 3. The molecule has 5 aromatic rings. The Bertz CT molecular complexity index is 2230. The Morgan fingerprint density at radius 3 is 2.35 bits per heavy atom. The van der Waals surface area contributed by atoms with Gasteiger partial charge in [-0.05, 0) is 61.1 Å². The van der Waals surface area contributed by atoms with Gasteiger partial charge >= 0.3 is 0 Å². The van der Waals surface area contributed by atoms with E-state index < -0.39 is 11.8 Å². The third-order valence-electron chi connectivity index (χ3n) is 9.98. The van der Waals surface area contributed by atoms with Gasteiger partial charge in [0.15, 0.2) is 0 Å². The lowest BCUT2D eigenvalue weighted by atomic mass is 9.87. The van der Waals surface area contributed by atoms with E-state index in [4.69, 9.17) is 11.6 Å². The molecule has 1 N–H and O–H groups in total. The highest BCUT2D eigenvalue weighted by Gasteiger charge is 2.35. The lowest BCUT2D eigenvalue weighted by molar-refractivity contribution is 0.0678. The summed E-state index contributed by atoms with van der Waals surface area (Å²) in [5.41, 5.74) is 5.21. The molecule has 0 radical (unpaired) electrons. The van der Waals surface area contributed by atoms with Crippen LogP contribution >= 0.6 is 11.6 Å². The predicted octanol–water partition coefficient (Wildman–Crippen LogP) is 5.37. The maximum atomic E-state index is 14.0. The third-order valence-corrected chi connectivity index (χ3v) is 10.3. The van der Waals surface area contributed by atoms with Crippen molar-refractivity contribution in [2.24, 2.45) is 5.41 Å². The van der Waals surface area contributed by atoms with Crippen LogP contribution in [0, 0.1) is 5.41 Å². The highest BCUT2D eigenvalue weighted by atomic mass is 35.5. The standard InChI is InChI=1S/C38H35ClN8O4/c1-38(2)18-32-25(19-40-47(32)31-12-4-3-11-29(31)39)20-45(22-38)37(51)24-8-5-7-23(17-24)36(50)44-15-13-26(14-16-44)46-21-30(42-43-46)27-9-6-10-28-33(27)35(49)41-34(28)48/h3-12,17,19,21,26H,13-16,18,20,22H2,1-2H3,(H,41,48,49). The van der Waals surface area contributed by atoms with Crippen LogP contribution in [-0.2, 0) is 13.0 Å². The second-order valence-electron chi connectivity index (χ2n) is 14.2. The molecule has 51 heavy (non-hydrogen) atoms. The number of imide groups is 1. The van der Waals surface area contributed by atoms with Crippen molar-refractivity contribution in [3.63, 3.8) is 0 Å². The van der Waals surface area contributed by atoms with Crippen LogP contribution in [0.5, 0.6) is 0 Å². The first-order chi connectivity index (χ1) is 24.6. The number of rotatable bonds is 5. The first kappa shape index (κ1) is 32.6. The van der Waals surface area contributed by atoms with E-state index in [1.807, 2.05) is 44.9 Å². The molecular formula is C38H35ClN8O4. The van der Waals surface area contributed by atoms with Crippen molar-refractivity contribution in [1.29, 1.82) is 0 Å². The first-order valence-electron chi connectivity index (χ1n) is 17.0. The van der Waals surface area contributed by atoms with Crippen LogP contribution in [0.4, 0.5) is 0 Å². The summed E-state index contributed by atoms with van der Waals surface area (Å²) in [4.78, 5) is 55.9. The molecule has 1 saturated heterocycles. The summed E-state index contributed by atoms with van der Waals surface area (Å²) in [6.07, 6.45) is 5.64. The molecule has 1 fully saturated rings. The van der Waals surface area contributed by atoms with Crippen molar-refractivity contribution in [3.05, 3.63) is 118 Å². The topological polar surface area (TPSA) is 135 Å². The van der Waals surface area contributed by atoms with E-state index in [2.05, 4.69) is 34.6 Å². The first-order valence-corrected chi connectivity index (χ1v) is 17.3. The van der Waals surface area contributed by atoms with Crippen LogP contribution in [0.1, 0.15) is 85.4 Å². The Labute approximate surface area is 299 Å². The number of amides is 4. The Balaban J connectivity index is 0.949. The van der Waals surface area contributed by atoms with Crippen LogP contribution in [-0.4, -0.2) is 77.8 Å². The van der Waals surface area contributed by atoms with Gasteiger partial charge in [-0.15, -0.1) is 5.10 Å². The summed E-state index contributed by atoms with van der Waals surface area (Å²) in [7, 11) is 0. The molecular weight excluding hydrogens is 668 g/mol. The number of nitrogens with zero attached hydrogens (tertiary/aromatic N) is 7. The van der Waals surface area contributed by atoms with Crippen molar-refractivity contribution < 1.29 is 19.2 Å². The third kappa shape index (κ3) is 5.99. The van der Waals surface area contributed by atoms with Crippen LogP contribution in [0.25, 0.3) is 16.9 Å². The number of carbonyl (C=O) groups excluding carboxylic acids is 4. The summed E-state index contributed by atoms with van der Waals surface area (Å²) in [5.74, 6) is -1.12. The normalized spacial score (nSPS) is 17.2. The number of halogens is 1. The highest BCUT2D eigenvalue weighted by Crippen LogP contribution is 2.34. The van der Waals surface area contributed by atoms with Crippen molar-refractivity contribution in [3.8, 4) is 16.9 Å². The summed E-state index contributed by atoms with van der Waals surface area (Å²) in [6.45, 7) is 6.24. The van der Waals surface area contributed by atoms with Gasteiger partial charge < -0.3 is 9.80 Å². The minimum atomic E-state index is -0.441. The van der Waals surface area contributed by atoms with E-state index in [0.29, 0.717) is 84.0 Å². The molecule has 12 nitrogen and oxygen atoms in total. The van der Waals surface area contributed by atoms with E-state index >= 15 is 0 Å². The number of fused-ring (bicyclic) bond motifs is 2. The van der Waals surface area contributed by atoms with Gasteiger partial charge in [-0.3, -0.25) is 24.5 Å². The fourth-order valence-corrected chi connectivity index (χ4v) is 7.70. The second-order valence-corrected chi connectivity index (χ2v) is 14.6. The molecule has 4 amide bonds. The van der Waals surface area contributed by atoms with E-state index in [1.54, 1.807) is 53.3 Å². The second kappa shape index (κ2) is 12.6. The lowest BCUT2D eigenvalue weighted by Gasteiger charge is -2.32. The number of carbonyl (C=O) groups is 4. The molecule has 5 heterocycles. The summed E-state index contributed by atoms with van der Waals surface area (Å²) < 4.78 is 3.66. The number of hydrogen-bond acceptors (Lipinski definition) is 7. The molecule has 2 aromatic heterocycles. The quantitative estimate of drug-likeness (QED) is 0.243. The fraction of sp³-hybridized carbons (Fsp3) is 0.289. The van der Waals surface area contributed by atoms with Gasteiger partial charge in [0.05, 0.1) is 40.3 Å². The van der Waals surface area contributed by atoms with Crippen molar-refractivity contribution in [1.82, 2.24) is 39.9 Å². The predicted molar refractivity (Wildman–Crippen MR) is 189 cm³/mol. The average molecular weight is 703 g/mol. The van der Waals surface area contributed by atoms with Crippen LogP contribution in [0.15, 0.2) is 79.1 Å². The number of aromatic nitrogens is 5. The van der Waals surface area contributed by atoms with Gasteiger partial charge in [-0.1, -0.05) is 61.0 Å². The van der Waals surface area contributed by atoms with E-state index in [1.165, 1.54) is 0 Å². The summed E-state index contributed by atoms with van der Waals surface area (Å²) in [5, 5.41) is 16.2. The lowest BCUT2D eigenvalue weighted by Crippen LogP contribution is -2.39. The maximum Gasteiger partial charge on any atom is 0.259 e. The smallest absolute Gasteiger partial charge is 0.259 e.